The van der Waals surface area contributed by atoms with Crippen LogP contribution in [0.15, 0.2) is 12.2 Å². The molecule has 0 aromatic heterocycles. The average molecular weight is 208 g/mol. The van der Waals surface area contributed by atoms with Gasteiger partial charge >= 0.3 is 0 Å². The largest absolute Gasteiger partial charge is 0.251 e. The van der Waals surface area contributed by atoms with Crippen molar-refractivity contribution in [2.75, 3.05) is 6.67 Å². The van der Waals surface area contributed by atoms with Crippen LogP contribution < -0.4 is 0 Å². The Kier molecular flexibility index (Phi) is 2.19. The van der Waals surface area contributed by atoms with E-state index in [2.05, 4.69) is 26.0 Å². The van der Waals surface area contributed by atoms with Crippen LogP contribution in [0.3, 0.4) is 0 Å². The van der Waals surface area contributed by atoms with E-state index in [0.717, 1.165) is 23.7 Å². The Morgan fingerprint density at radius 1 is 1.07 bits per heavy atom. The highest BCUT2D eigenvalue weighted by Gasteiger charge is 2.55. The molecule has 0 spiro atoms. The van der Waals surface area contributed by atoms with Crippen LogP contribution in [-0.2, 0) is 0 Å². The van der Waals surface area contributed by atoms with Crippen molar-refractivity contribution in [3.8, 4) is 0 Å². The molecule has 0 saturated heterocycles. The van der Waals surface area contributed by atoms with Gasteiger partial charge in [-0.1, -0.05) is 26.0 Å². The molecule has 0 N–H and O–H groups in total. The van der Waals surface area contributed by atoms with Gasteiger partial charge in [-0.05, 0) is 54.3 Å². The summed E-state index contributed by atoms with van der Waals surface area (Å²) < 4.78 is 12.9. The first-order valence-corrected chi connectivity index (χ1v) is 6.46. The molecule has 3 rings (SSSR count). The number of fused-ring (bicyclic) bond motifs is 5. The summed E-state index contributed by atoms with van der Waals surface area (Å²) in [6.45, 7) is 4.61. The van der Waals surface area contributed by atoms with Crippen LogP contribution in [0.5, 0.6) is 0 Å². The van der Waals surface area contributed by atoms with Crippen molar-refractivity contribution in [3.63, 3.8) is 0 Å². The van der Waals surface area contributed by atoms with E-state index < -0.39 is 0 Å². The van der Waals surface area contributed by atoms with Crippen LogP contribution in [0, 0.1) is 41.4 Å². The van der Waals surface area contributed by atoms with Crippen molar-refractivity contribution < 1.29 is 4.39 Å². The van der Waals surface area contributed by atoms with E-state index in [-0.39, 0.29) is 6.67 Å². The fraction of sp³-hybridized carbons (Fsp3) is 0.857. The van der Waals surface area contributed by atoms with Crippen molar-refractivity contribution in [1.29, 1.82) is 0 Å². The normalized spacial score (nSPS) is 57.1. The zero-order valence-corrected chi connectivity index (χ0v) is 9.70. The van der Waals surface area contributed by atoms with E-state index in [9.17, 15) is 4.39 Å². The Morgan fingerprint density at radius 3 is 2.40 bits per heavy atom. The predicted octanol–water partition coefficient (Wildman–Crippen LogP) is 3.69. The molecule has 0 nitrogen and oxygen atoms in total. The van der Waals surface area contributed by atoms with Gasteiger partial charge in [-0.3, -0.25) is 4.39 Å². The van der Waals surface area contributed by atoms with Gasteiger partial charge in [0.15, 0.2) is 0 Å². The molecule has 3 aliphatic rings. The van der Waals surface area contributed by atoms with Crippen LogP contribution in [0.4, 0.5) is 4.39 Å². The molecule has 7 atom stereocenters. The molecule has 0 heterocycles. The molecular formula is C14H21F. The summed E-state index contributed by atoms with van der Waals surface area (Å²) in [5.41, 5.74) is 0. The van der Waals surface area contributed by atoms with Crippen molar-refractivity contribution in [2.24, 2.45) is 41.4 Å². The lowest BCUT2D eigenvalue weighted by Gasteiger charge is -2.42. The molecule has 2 bridgehead atoms. The highest BCUT2D eigenvalue weighted by Crippen LogP contribution is 2.61. The summed E-state index contributed by atoms with van der Waals surface area (Å²) in [4.78, 5) is 0. The van der Waals surface area contributed by atoms with Crippen molar-refractivity contribution in [1.82, 2.24) is 0 Å². The molecule has 2 saturated carbocycles. The maximum atomic E-state index is 12.9. The van der Waals surface area contributed by atoms with E-state index >= 15 is 0 Å². The first kappa shape index (κ1) is 9.86. The summed E-state index contributed by atoms with van der Waals surface area (Å²) in [5, 5.41) is 0. The van der Waals surface area contributed by atoms with E-state index in [4.69, 9.17) is 0 Å². The Balaban J connectivity index is 1.90. The number of rotatable bonds is 1. The van der Waals surface area contributed by atoms with Gasteiger partial charge in [0, 0.05) is 0 Å². The average Bonchev–Trinajstić information content (AvgIpc) is 2.80. The van der Waals surface area contributed by atoms with Crippen LogP contribution in [0.2, 0.25) is 0 Å². The smallest absolute Gasteiger partial charge is 0.0925 e. The molecule has 84 valence electrons. The molecule has 1 heteroatoms. The second kappa shape index (κ2) is 3.33. The summed E-state index contributed by atoms with van der Waals surface area (Å²) in [6, 6.07) is 0. The predicted molar refractivity (Wildman–Crippen MR) is 60.1 cm³/mol. The van der Waals surface area contributed by atoms with E-state index in [1.165, 1.54) is 12.8 Å². The van der Waals surface area contributed by atoms with Crippen LogP contribution in [0.25, 0.3) is 0 Å². The zero-order valence-electron chi connectivity index (χ0n) is 9.70. The monoisotopic (exact) mass is 208 g/mol. The number of hydrogen-bond donors (Lipinski definition) is 0. The first-order valence-electron chi connectivity index (χ1n) is 6.46. The third-order valence-corrected chi connectivity index (χ3v) is 5.40. The maximum absolute atomic E-state index is 12.9. The van der Waals surface area contributed by atoms with Gasteiger partial charge in [0.2, 0.25) is 0 Å². The third kappa shape index (κ3) is 1.24. The summed E-state index contributed by atoms with van der Waals surface area (Å²) in [6.07, 6.45) is 7.27. The fourth-order valence-corrected chi connectivity index (χ4v) is 4.89. The minimum absolute atomic E-state index is 0.0742. The van der Waals surface area contributed by atoms with Crippen LogP contribution in [-0.4, -0.2) is 6.67 Å². The molecule has 3 aliphatic carbocycles. The molecule has 2 fully saturated rings. The lowest BCUT2D eigenvalue weighted by molar-refractivity contribution is 0.0819. The van der Waals surface area contributed by atoms with Gasteiger partial charge in [-0.25, -0.2) is 0 Å². The first-order chi connectivity index (χ1) is 7.22. The highest BCUT2D eigenvalue weighted by molar-refractivity contribution is 5.12. The number of halogens is 1. The topological polar surface area (TPSA) is 0 Å². The van der Waals surface area contributed by atoms with Crippen molar-refractivity contribution in [2.45, 2.75) is 26.7 Å². The molecule has 0 aromatic rings. The quantitative estimate of drug-likeness (QED) is 0.577. The van der Waals surface area contributed by atoms with Gasteiger partial charge in [0.05, 0.1) is 6.67 Å². The van der Waals surface area contributed by atoms with E-state index in [1.807, 2.05) is 0 Å². The fourth-order valence-electron chi connectivity index (χ4n) is 4.89. The van der Waals surface area contributed by atoms with Gasteiger partial charge < -0.3 is 0 Å². The number of hydrogen-bond acceptors (Lipinski definition) is 0. The molecule has 0 amide bonds. The minimum atomic E-state index is -0.0742. The Labute approximate surface area is 91.9 Å². The lowest BCUT2D eigenvalue weighted by atomic mass is 9.62. The van der Waals surface area contributed by atoms with Crippen molar-refractivity contribution >= 4 is 0 Å². The molecule has 15 heavy (non-hydrogen) atoms. The summed E-state index contributed by atoms with van der Waals surface area (Å²) in [5.74, 6) is 5.03. The highest BCUT2D eigenvalue weighted by atomic mass is 19.1. The maximum Gasteiger partial charge on any atom is 0.0925 e. The van der Waals surface area contributed by atoms with Gasteiger partial charge in [0.1, 0.15) is 0 Å². The second-order valence-electron chi connectivity index (χ2n) is 6.07. The van der Waals surface area contributed by atoms with Crippen LogP contribution >= 0.6 is 0 Å². The Morgan fingerprint density at radius 2 is 1.73 bits per heavy atom. The molecule has 0 radical (unpaired) electrons. The van der Waals surface area contributed by atoms with E-state index in [0.29, 0.717) is 17.8 Å². The molecule has 0 aromatic carbocycles. The Bertz CT molecular complexity index is 283. The third-order valence-electron chi connectivity index (χ3n) is 5.40. The van der Waals surface area contributed by atoms with E-state index in [1.54, 1.807) is 0 Å². The Hall–Kier alpha value is -0.330. The van der Waals surface area contributed by atoms with Crippen molar-refractivity contribution in [3.05, 3.63) is 12.2 Å². The van der Waals surface area contributed by atoms with Gasteiger partial charge in [0.25, 0.3) is 0 Å². The SMILES string of the molecule is CC1C=CC(C)C2C3CC(CC3CF)C12. The molecular weight excluding hydrogens is 187 g/mol. The lowest BCUT2D eigenvalue weighted by Crippen LogP contribution is -2.37. The van der Waals surface area contributed by atoms with Crippen LogP contribution in [0.1, 0.15) is 26.7 Å². The van der Waals surface area contributed by atoms with Gasteiger partial charge in [-0.15, -0.1) is 0 Å². The zero-order chi connectivity index (χ0) is 10.6. The second-order valence-corrected chi connectivity index (χ2v) is 6.07. The molecule has 0 aliphatic heterocycles. The number of allylic oxidation sites excluding steroid dienone is 2. The standard InChI is InChI=1S/C14H21F/c1-8-3-4-9(2)14-12-6-10(13(8)14)5-11(12)7-15/h3-4,8-14H,5-7H2,1-2H3. The summed E-state index contributed by atoms with van der Waals surface area (Å²) in [7, 11) is 0. The summed E-state index contributed by atoms with van der Waals surface area (Å²) >= 11 is 0. The minimum Gasteiger partial charge on any atom is -0.251 e. The molecule has 7 unspecified atom stereocenters. The number of alkyl halides is 1. The van der Waals surface area contributed by atoms with Gasteiger partial charge in [-0.2, -0.15) is 0 Å².